The van der Waals surface area contributed by atoms with Crippen molar-refractivity contribution in [2.45, 2.75) is 37.8 Å². The minimum absolute atomic E-state index is 0.0808. The van der Waals surface area contributed by atoms with Gasteiger partial charge in [-0.25, -0.2) is 9.97 Å². The molecule has 0 unspecified atom stereocenters. The number of nitrogens with zero attached hydrogens (tertiary/aromatic N) is 2. The van der Waals surface area contributed by atoms with Crippen LogP contribution in [0.1, 0.15) is 49.4 Å². The molecule has 5 aromatic rings. The summed E-state index contributed by atoms with van der Waals surface area (Å²) in [5.74, 6) is 1.76. The van der Waals surface area contributed by atoms with E-state index >= 15 is 0 Å². The van der Waals surface area contributed by atoms with Crippen LogP contribution in [0, 0.1) is 0 Å². The molecule has 2 aliphatic rings. The van der Waals surface area contributed by atoms with Gasteiger partial charge in [0.2, 0.25) is 0 Å². The van der Waals surface area contributed by atoms with Crippen molar-refractivity contribution < 1.29 is 0 Å². The van der Waals surface area contributed by atoms with Gasteiger partial charge in [-0.2, -0.15) is 0 Å². The number of nitrogens with one attached hydrogen (secondary N) is 4. The average Bonchev–Trinajstić information content (AvgIpc) is 3.70. The summed E-state index contributed by atoms with van der Waals surface area (Å²) in [6.07, 6.45) is 6.36. The van der Waals surface area contributed by atoms with Gasteiger partial charge in [0.1, 0.15) is 11.6 Å². The molecule has 36 heavy (non-hydrogen) atoms. The van der Waals surface area contributed by atoms with Gasteiger partial charge >= 0.3 is 0 Å². The van der Waals surface area contributed by atoms with Gasteiger partial charge in [-0.3, -0.25) is 4.79 Å². The van der Waals surface area contributed by atoms with Crippen LogP contribution in [0.4, 0.5) is 0 Å². The largest absolute Gasteiger partial charge is 0.341 e. The van der Waals surface area contributed by atoms with Gasteiger partial charge in [-0.05, 0) is 84.9 Å². The van der Waals surface area contributed by atoms with Crippen molar-refractivity contribution in [3.63, 3.8) is 0 Å². The zero-order valence-electron chi connectivity index (χ0n) is 20.0. The van der Waals surface area contributed by atoms with E-state index in [9.17, 15) is 4.79 Å². The van der Waals surface area contributed by atoms with Gasteiger partial charge in [0.25, 0.3) is 5.56 Å². The molecule has 0 radical (unpaired) electrons. The summed E-state index contributed by atoms with van der Waals surface area (Å²) in [4.78, 5) is 28.7. The summed E-state index contributed by atoms with van der Waals surface area (Å²) in [5.41, 5.74) is 4.91. The third kappa shape index (κ3) is 3.81. The highest BCUT2D eigenvalue weighted by atomic mass is 16.1. The van der Waals surface area contributed by atoms with E-state index in [1.54, 1.807) is 0 Å². The van der Waals surface area contributed by atoms with Gasteiger partial charge in [0, 0.05) is 5.56 Å². The van der Waals surface area contributed by atoms with Crippen molar-refractivity contribution in [3.8, 4) is 22.4 Å². The van der Waals surface area contributed by atoms with E-state index in [1.165, 1.54) is 11.8 Å². The van der Waals surface area contributed by atoms with Crippen LogP contribution in [0.15, 0.2) is 65.6 Å². The lowest BCUT2D eigenvalue weighted by molar-refractivity contribution is 0.606. The van der Waals surface area contributed by atoms with E-state index in [2.05, 4.69) is 68.1 Å². The number of hydrogen-bond donors (Lipinski definition) is 4. The number of hydrogen-bond acceptors (Lipinski definition) is 5. The van der Waals surface area contributed by atoms with E-state index in [0.717, 1.165) is 77.3 Å². The number of H-pyrrole nitrogens is 2. The Balaban J connectivity index is 1.20. The molecule has 180 valence electrons. The van der Waals surface area contributed by atoms with Crippen LogP contribution >= 0.6 is 0 Å². The fourth-order valence-corrected chi connectivity index (χ4v) is 5.59. The molecule has 2 aromatic heterocycles. The molecule has 0 bridgehead atoms. The highest BCUT2D eigenvalue weighted by Gasteiger charge is 2.20. The molecular formula is C29H28N6O. The Bertz CT molecular complexity index is 1640. The van der Waals surface area contributed by atoms with E-state index < -0.39 is 0 Å². The number of fused-ring (bicyclic) bond motifs is 2. The maximum absolute atomic E-state index is 12.9. The fraction of sp³-hybridized carbons (Fsp3) is 0.276. The molecule has 4 N–H and O–H groups in total. The van der Waals surface area contributed by atoms with Crippen molar-refractivity contribution in [3.05, 3.63) is 82.8 Å². The number of benzene rings is 3. The Morgan fingerprint density at radius 2 is 1.39 bits per heavy atom. The highest BCUT2D eigenvalue weighted by Crippen LogP contribution is 2.30. The lowest BCUT2D eigenvalue weighted by Crippen LogP contribution is -2.20. The van der Waals surface area contributed by atoms with Crippen molar-refractivity contribution in [2.24, 2.45) is 0 Å². The first-order chi connectivity index (χ1) is 17.7. The summed E-state index contributed by atoms with van der Waals surface area (Å²) < 4.78 is 0. The van der Waals surface area contributed by atoms with Crippen LogP contribution in [-0.4, -0.2) is 33.0 Å². The predicted molar refractivity (Wildman–Crippen MR) is 143 cm³/mol. The Labute approximate surface area is 208 Å². The SMILES string of the molecule is O=c1[nH]c([C@@H]2CCCN2)nc2ccc(-c3ccc4cc(-c5cnc([C@@H]6CCCN6)[nH]5)ccc4c3)cc12. The zero-order valence-corrected chi connectivity index (χ0v) is 20.0. The maximum Gasteiger partial charge on any atom is 0.258 e. The quantitative estimate of drug-likeness (QED) is 0.293. The standard InChI is InChI=1S/C29H28N6O/c36-29-22-15-20(9-10-23(22)33-28(35-29)25-4-2-12-31-25)18-5-6-19-14-21(8-7-17(19)13-18)26-16-32-27(34-26)24-3-1-11-30-24/h5-10,13-16,24-25,30-31H,1-4,11-12H2,(H,32,34)(H,33,35,36)/t24-,25-/m0/s1. The monoisotopic (exact) mass is 476 g/mol. The molecule has 0 spiro atoms. The molecule has 3 aromatic carbocycles. The second-order valence-corrected chi connectivity index (χ2v) is 9.94. The highest BCUT2D eigenvalue weighted by molar-refractivity contribution is 5.92. The zero-order chi connectivity index (χ0) is 24.1. The Morgan fingerprint density at radius 3 is 2.14 bits per heavy atom. The molecule has 7 heteroatoms. The third-order valence-corrected chi connectivity index (χ3v) is 7.58. The molecule has 2 saturated heterocycles. The summed E-state index contributed by atoms with van der Waals surface area (Å²) in [5, 5.41) is 9.85. The fourth-order valence-electron chi connectivity index (χ4n) is 5.59. The molecule has 4 heterocycles. The van der Waals surface area contributed by atoms with Crippen LogP contribution in [0.3, 0.4) is 0 Å². The summed E-state index contributed by atoms with van der Waals surface area (Å²) in [6.45, 7) is 2.02. The van der Waals surface area contributed by atoms with E-state index in [-0.39, 0.29) is 11.6 Å². The van der Waals surface area contributed by atoms with Crippen LogP contribution in [0.2, 0.25) is 0 Å². The first kappa shape index (κ1) is 21.5. The van der Waals surface area contributed by atoms with Gasteiger partial charge in [-0.1, -0.05) is 30.3 Å². The van der Waals surface area contributed by atoms with E-state index in [4.69, 9.17) is 4.98 Å². The summed E-state index contributed by atoms with van der Waals surface area (Å²) >= 11 is 0. The molecule has 2 fully saturated rings. The third-order valence-electron chi connectivity index (χ3n) is 7.58. The second-order valence-electron chi connectivity index (χ2n) is 9.94. The lowest BCUT2D eigenvalue weighted by Gasteiger charge is -2.11. The molecule has 7 nitrogen and oxygen atoms in total. The molecule has 7 rings (SSSR count). The van der Waals surface area contributed by atoms with Gasteiger partial charge < -0.3 is 20.6 Å². The first-order valence-corrected chi connectivity index (χ1v) is 12.8. The lowest BCUT2D eigenvalue weighted by atomic mass is 9.98. The minimum Gasteiger partial charge on any atom is -0.341 e. The van der Waals surface area contributed by atoms with Crippen molar-refractivity contribution in [1.82, 2.24) is 30.6 Å². The smallest absolute Gasteiger partial charge is 0.258 e. The van der Waals surface area contributed by atoms with Crippen LogP contribution in [-0.2, 0) is 0 Å². The Morgan fingerprint density at radius 1 is 0.722 bits per heavy atom. The van der Waals surface area contributed by atoms with E-state index in [0.29, 0.717) is 11.4 Å². The molecule has 0 amide bonds. The second kappa shape index (κ2) is 8.69. The van der Waals surface area contributed by atoms with E-state index in [1.807, 2.05) is 18.3 Å². The Hall–Kier alpha value is -3.81. The molecular weight excluding hydrogens is 448 g/mol. The number of rotatable bonds is 4. The van der Waals surface area contributed by atoms with Crippen LogP contribution < -0.4 is 16.2 Å². The summed E-state index contributed by atoms with van der Waals surface area (Å²) in [6, 6.07) is 19.4. The van der Waals surface area contributed by atoms with Crippen LogP contribution in [0.25, 0.3) is 44.1 Å². The predicted octanol–water partition coefficient (Wildman–Crippen LogP) is 4.98. The van der Waals surface area contributed by atoms with Crippen LogP contribution in [0.5, 0.6) is 0 Å². The number of imidazole rings is 1. The number of aromatic nitrogens is 4. The van der Waals surface area contributed by atoms with Gasteiger partial charge in [-0.15, -0.1) is 0 Å². The maximum atomic E-state index is 12.9. The Kier molecular flexibility index (Phi) is 5.18. The molecule has 0 aliphatic carbocycles. The summed E-state index contributed by atoms with van der Waals surface area (Å²) in [7, 11) is 0. The van der Waals surface area contributed by atoms with Crippen molar-refractivity contribution >= 4 is 21.7 Å². The van der Waals surface area contributed by atoms with Gasteiger partial charge in [0.05, 0.1) is 34.9 Å². The topological polar surface area (TPSA) is 98.5 Å². The normalized spacial score (nSPS) is 20.0. The first-order valence-electron chi connectivity index (χ1n) is 12.8. The van der Waals surface area contributed by atoms with Crippen molar-refractivity contribution in [2.75, 3.05) is 13.1 Å². The molecule has 2 aliphatic heterocycles. The van der Waals surface area contributed by atoms with Crippen molar-refractivity contribution in [1.29, 1.82) is 0 Å². The number of aromatic amines is 2. The van der Waals surface area contributed by atoms with Gasteiger partial charge in [0.15, 0.2) is 0 Å². The average molecular weight is 477 g/mol. The molecule has 0 saturated carbocycles. The molecule has 2 atom stereocenters. The minimum atomic E-state index is -0.0808.